The highest BCUT2D eigenvalue weighted by molar-refractivity contribution is 9.10. The molecule has 4 aromatic carbocycles. The second kappa shape index (κ2) is 13.3. The number of hydrogen-bond donors (Lipinski definition) is 3. The molecule has 0 atom stereocenters. The zero-order chi connectivity index (χ0) is 28.5. The van der Waals surface area contributed by atoms with E-state index >= 15 is 0 Å². The van der Waals surface area contributed by atoms with Crippen molar-refractivity contribution in [2.45, 2.75) is 0 Å². The van der Waals surface area contributed by atoms with Crippen LogP contribution in [0.3, 0.4) is 0 Å². The monoisotopic (exact) mass is 618 g/mol. The molecule has 200 valence electrons. The number of para-hydroxylation sites is 1. The van der Waals surface area contributed by atoms with Gasteiger partial charge in [-0.2, -0.15) is 5.10 Å². The zero-order valence-corrected chi connectivity index (χ0v) is 22.9. The second-order valence-electron chi connectivity index (χ2n) is 8.10. The van der Waals surface area contributed by atoms with Gasteiger partial charge >= 0.3 is 17.8 Å². The molecule has 0 saturated carbocycles. The van der Waals surface area contributed by atoms with Crippen molar-refractivity contribution in [1.82, 2.24) is 5.43 Å². The summed E-state index contributed by atoms with van der Waals surface area (Å²) in [5.74, 6) is -2.82. The molecule has 3 amide bonds. The molecule has 3 N–H and O–H groups in total. The van der Waals surface area contributed by atoms with Crippen molar-refractivity contribution in [1.29, 1.82) is 0 Å². The average Bonchev–Trinajstić information content (AvgIpc) is 2.95. The molecule has 0 saturated heterocycles. The molecule has 0 aliphatic rings. The molecule has 4 aromatic rings. The normalized spacial score (nSPS) is 10.6. The highest BCUT2D eigenvalue weighted by Crippen LogP contribution is 2.20. The standard InChI is InChI=1S/C29H20BrClN4O5/c30-19-11-13-20(14-12-19)33-26(36)23-6-2-4-8-25(23)34-27(37)28(38)35-32-17-18-9-15-21(16-10-18)40-29(39)22-5-1-3-7-24(22)31/h1-17H,(H,33,36)(H,34,37)(H,35,38). The molecule has 9 nitrogen and oxygen atoms in total. The molecule has 0 unspecified atom stereocenters. The minimum Gasteiger partial charge on any atom is -0.423 e. The lowest BCUT2D eigenvalue weighted by atomic mass is 10.1. The van der Waals surface area contributed by atoms with Gasteiger partial charge < -0.3 is 15.4 Å². The van der Waals surface area contributed by atoms with Gasteiger partial charge in [-0.3, -0.25) is 14.4 Å². The summed E-state index contributed by atoms with van der Waals surface area (Å²) in [4.78, 5) is 49.7. The van der Waals surface area contributed by atoms with Crippen LogP contribution in [0.15, 0.2) is 107 Å². The fourth-order valence-corrected chi connectivity index (χ4v) is 3.80. The van der Waals surface area contributed by atoms with Crippen LogP contribution >= 0.6 is 27.5 Å². The van der Waals surface area contributed by atoms with Crippen LogP contribution in [0.1, 0.15) is 26.3 Å². The third kappa shape index (κ3) is 7.62. The summed E-state index contributed by atoms with van der Waals surface area (Å²) in [6.07, 6.45) is 1.31. The lowest BCUT2D eigenvalue weighted by molar-refractivity contribution is -0.136. The van der Waals surface area contributed by atoms with Gasteiger partial charge in [-0.25, -0.2) is 10.2 Å². The summed E-state index contributed by atoms with van der Waals surface area (Å²) in [6, 6.07) is 26.1. The van der Waals surface area contributed by atoms with Gasteiger partial charge in [0.1, 0.15) is 5.75 Å². The first-order chi connectivity index (χ1) is 19.3. The molecule has 0 aromatic heterocycles. The topological polar surface area (TPSA) is 126 Å². The van der Waals surface area contributed by atoms with E-state index in [0.29, 0.717) is 11.3 Å². The van der Waals surface area contributed by atoms with Gasteiger partial charge in [0.25, 0.3) is 5.91 Å². The quantitative estimate of drug-likeness (QED) is 0.0809. The van der Waals surface area contributed by atoms with E-state index in [0.717, 1.165) is 4.47 Å². The van der Waals surface area contributed by atoms with Crippen LogP contribution in [0.2, 0.25) is 5.02 Å². The molecule has 11 heteroatoms. The summed E-state index contributed by atoms with van der Waals surface area (Å²) >= 11 is 9.35. The molecule has 0 bridgehead atoms. The predicted molar refractivity (Wildman–Crippen MR) is 156 cm³/mol. The third-order valence-electron chi connectivity index (χ3n) is 5.29. The van der Waals surface area contributed by atoms with Gasteiger partial charge in [-0.15, -0.1) is 0 Å². The molecule has 0 aliphatic heterocycles. The Kier molecular flexibility index (Phi) is 9.39. The number of carbonyl (C=O) groups excluding carboxylic acids is 4. The van der Waals surface area contributed by atoms with Crippen LogP contribution < -0.4 is 20.8 Å². The number of benzene rings is 4. The number of anilines is 2. The van der Waals surface area contributed by atoms with E-state index in [4.69, 9.17) is 16.3 Å². The van der Waals surface area contributed by atoms with E-state index in [9.17, 15) is 19.2 Å². The van der Waals surface area contributed by atoms with E-state index in [1.807, 2.05) is 0 Å². The Morgan fingerprint density at radius 3 is 2.10 bits per heavy atom. The Morgan fingerprint density at radius 1 is 0.750 bits per heavy atom. The van der Waals surface area contributed by atoms with Gasteiger partial charge in [0.2, 0.25) is 0 Å². The summed E-state index contributed by atoms with van der Waals surface area (Å²) in [7, 11) is 0. The predicted octanol–water partition coefficient (Wildman–Crippen LogP) is 5.66. The molecule has 0 aliphatic carbocycles. The minimum absolute atomic E-state index is 0.156. The van der Waals surface area contributed by atoms with E-state index in [1.54, 1.807) is 84.9 Å². The third-order valence-corrected chi connectivity index (χ3v) is 6.15. The molecule has 0 fully saturated rings. The lowest BCUT2D eigenvalue weighted by Gasteiger charge is -2.11. The Hall–Kier alpha value is -4.80. The maximum absolute atomic E-state index is 12.7. The summed E-state index contributed by atoms with van der Waals surface area (Å²) < 4.78 is 6.17. The maximum Gasteiger partial charge on any atom is 0.345 e. The molecular formula is C29H20BrClN4O5. The highest BCUT2D eigenvalue weighted by atomic mass is 79.9. The van der Waals surface area contributed by atoms with Crippen LogP contribution in [0.4, 0.5) is 11.4 Å². The number of hydrogen-bond acceptors (Lipinski definition) is 6. The number of carbonyl (C=O) groups is 4. The second-order valence-corrected chi connectivity index (χ2v) is 9.42. The molecular weight excluding hydrogens is 600 g/mol. The van der Waals surface area contributed by atoms with Crippen molar-refractivity contribution in [2.24, 2.45) is 5.10 Å². The van der Waals surface area contributed by atoms with Gasteiger partial charge in [0.05, 0.1) is 28.1 Å². The van der Waals surface area contributed by atoms with Crippen molar-refractivity contribution in [3.05, 3.63) is 123 Å². The van der Waals surface area contributed by atoms with Crippen molar-refractivity contribution in [2.75, 3.05) is 10.6 Å². The van der Waals surface area contributed by atoms with Crippen LogP contribution in [0, 0.1) is 0 Å². The van der Waals surface area contributed by atoms with Crippen molar-refractivity contribution in [3.8, 4) is 5.75 Å². The zero-order valence-electron chi connectivity index (χ0n) is 20.6. The molecule has 0 heterocycles. The van der Waals surface area contributed by atoms with Crippen molar-refractivity contribution < 1.29 is 23.9 Å². The summed E-state index contributed by atoms with van der Waals surface area (Å²) in [5.41, 5.74) is 3.83. The fourth-order valence-electron chi connectivity index (χ4n) is 3.33. The molecule has 0 radical (unpaired) electrons. The maximum atomic E-state index is 12.7. The Labute approximate surface area is 242 Å². The number of nitrogens with one attached hydrogen (secondary N) is 3. The SMILES string of the molecule is O=C(NN=Cc1ccc(OC(=O)c2ccccc2Cl)cc1)C(=O)Nc1ccccc1C(=O)Nc1ccc(Br)cc1. The number of nitrogens with zero attached hydrogens (tertiary/aromatic N) is 1. The summed E-state index contributed by atoms with van der Waals surface area (Å²) in [5, 5.41) is 9.23. The largest absolute Gasteiger partial charge is 0.423 e. The van der Waals surface area contributed by atoms with E-state index in [1.165, 1.54) is 18.3 Å². The Morgan fingerprint density at radius 2 is 1.40 bits per heavy atom. The molecule has 4 rings (SSSR count). The first-order valence-electron chi connectivity index (χ1n) is 11.7. The smallest absolute Gasteiger partial charge is 0.345 e. The van der Waals surface area contributed by atoms with Gasteiger partial charge in [-0.1, -0.05) is 51.8 Å². The van der Waals surface area contributed by atoms with Crippen molar-refractivity contribution in [3.63, 3.8) is 0 Å². The Balaban J connectivity index is 1.31. The van der Waals surface area contributed by atoms with E-state index in [2.05, 4.69) is 37.1 Å². The van der Waals surface area contributed by atoms with Crippen LogP contribution in [0.25, 0.3) is 0 Å². The number of hydrazone groups is 1. The molecule has 40 heavy (non-hydrogen) atoms. The Bertz CT molecular complexity index is 1590. The fraction of sp³-hybridized carbons (Fsp3) is 0. The van der Waals surface area contributed by atoms with E-state index in [-0.39, 0.29) is 27.6 Å². The first-order valence-corrected chi connectivity index (χ1v) is 12.8. The number of rotatable bonds is 7. The van der Waals surface area contributed by atoms with E-state index < -0.39 is 23.7 Å². The van der Waals surface area contributed by atoms with Gasteiger partial charge in [-0.05, 0) is 78.4 Å². The summed E-state index contributed by atoms with van der Waals surface area (Å²) in [6.45, 7) is 0. The lowest BCUT2D eigenvalue weighted by Crippen LogP contribution is -2.33. The number of ether oxygens (including phenoxy) is 1. The van der Waals surface area contributed by atoms with Crippen LogP contribution in [0.5, 0.6) is 5.75 Å². The van der Waals surface area contributed by atoms with Crippen LogP contribution in [-0.2, 0) is 9.59 Å². The van der Waals surface area contributed by atoms with Gasteiger partial charge in [0.15, 0.2) is 0 Å². The number of halogens is 2. The average molecular weight is 620 g/mol. The van der Waals surface area contributed by atoms with Gasteiger partial charge in [0, 0.05) is 10.2 Å². The number of amides is 3. The number of esters is 1. The minimum atomic E-state index is -1.04. The first kappa shape index (κ1) is 28.2. The van der Waals surface area contributed by atoms with Crippen molar-refractivity contribution >= 4 is 68.8 Å². The molecule has 0 spiro atoms. The van der Waals surface area contributed by atoms with Crippen LogP contribution in [-0.4, -0.2) is 29.9 Å². The highest BCUT2D eigenvalue weighted by Gasteiger charge is 2.18.